The van der Waals surface area contributed by atoms with E-state index in [0.29, 0.717) is 0 Å². The van der Waals surface area contributed by atoms with Crippen LogP contribution in [0.5, 0.6) is 5.75 Å². The molecule has 0 spiro atoms. The van der Waals surface area contributed by atoms with Crippen molar-refractivity contribution < 1.29 is 14.6 Å². The molecular weight excluding hydrogens is 204 g/mol. The lowest BCUT2D eigenvalue weighted by atomic mass is 10.1. The van der Waals surface area contributed by atoms with Crippen molar-refractivity contribution in [3.05, 3.63) is 29.8 Å². The molecule has 0 saturated heterocycles. The Hall–Kier alpha value is -1.51. The number of aliphatic carboxylic acids is 1. The summed E-state index contributed by atoms with van der Waals surface area (Å²) in [6, 6.07) is 7.29. The summed E-state index contributed by atoms with van der Waals surface area (Å²) in [6.45, 7) is 4.16. The number of carboxylic acids is 1. The van der Waals surface area contributed by atoms with Crippen LogP contribution in [-0.4, -0.2) is 17.2 Å². The van der Waals surface area contributed by atoms with Crippen LogP contribution >= 0.6 is 0 Å². The number of carboxylic acid groups (broad SMARTS) is 1. The molecule has 0 bridgehead atoms. The highest BCUT2D eigenvalue weighted by molar-refractivity contribution is 5.70. The molecule has 0 saturated carbocycles. The van der Waals surface area contributed by atoms with Gasteiger partial charge in [0.25, 0.3) is 0 Å². The third-order valence-electron chi connectivity index (χ3n) is 2.47. The predicted octanol–water partition coefficient (Wildman–Crippen LogP) is 2.88. The monoisotopic (exact) mass is 222 g/mol. The number of benzene rings is 1. The molecule has 0 radical (unpaired) electrons. The van der Waals surface area contributed by atoms with E-state index in [1.165, 1.54) is 0 Å². The van der Waals surface area contributed by atoms with E-state index in [1.54, 1.807) is 12.1 Å². The van der Waals surface area contributed by atoms with Gasteiger partial charge in [-0.2, -0.15) is 0 Å². The number of carbonyl (C=O) groups is 1. The van der Waals surface area contributed by atoms with Gasteiger partial charge in [-0.15, -0.1) is 0 Å². The van der Waals surface area contributed by atoms with Crippen LogP contribution in [0.4, 0.5) is 0 Å². The highest BCUT2D eigenvalue weighted by Crippen LogP contribution is 2.17. The van der Waals surface area contributed by atoms with Crippen LogP contribution in [0, 0.1) is 0 Å². The minimum atomic E-state index is -0.820. The summed E-state index contributed by atoms with van der Waals surface area (Å²) in [6.07, 6.45) is 2.17. The number of hydrogen-bond acceptors (Lipinski definition) is 2. The average molecular weight is 222 g/mol. The van der Waals surface area contributed by atoms with Gasteiger partial charge in [0.05, 0.1) is 12.5 Å². The standard InChI is InChI=1S/C13H18O3/c1-3-11(4-2)16-12-7-5-6-10(8-12)9-13(14)15/h5-8,11H,3-4,9H2,1-2H3,(H,14,15). The topological polar surface area (TPSA) is 46.5 Å². The summed E-state index contributed by atoms with van der Waals surface area (Å²) in [7, 11) is 0. The fourth-order valence-electron chi connectivity index (χ4n) is 1.55. The predicted molar refractivity (Wildman–Crippen MR) is 62.8 cm³/mol. The van der Waals surface area contributed by atoms with Gasteiger partial charge in [0.15, 0.2) is 0 Å². The molecule has 3 heteroatoms. The Kier molecular flexibility index (Phi) is 4.83. The summed E-state index contributed by atoms with van der Waals surface area (Å²) in [4.78, 5) is 10.6. The molecule has 1 aromatic rings. The minimum absolute atomic E-state index is 0.0418. The van der Waals surface area contributed by atoms with Crippen LogP contribution in [0.2, 0.25) is 0 Å². The zero-order valence-corrected chi connectivity index (χ0v) is 9.77. The van der Waals surface area contributed by atoms with Gasteiger partial charge in [-0.3, -0.25) is 4.79 Å². The first-order valence-corrected chi connectivity index (χ1v) is 5.63. The van der Waals surface area contributed by atoms with Crippen LogP contribution in [0.1, 0.15) is 32.3 Å². The summed E-state index contributed by atoms with van der Waals surface area (Å²) in [5.74, 6) is -0.0628. The van der Waals surface area contributed by atoms with Gasteiger partial charge in [0.2, 0.25) is 0 Å². The first-order chi connectivity index (χ1) is 7.65. The van der Waals surface area contributed by atoms with Crippen molar-refractivity contribution in [1.29, 1.82) is 0 Å². The Morgan fingerprint density at radius 3 is 2.62 bits per heavy atom. The molecule has 0 aliphatic carbocycles. The van der Waals surface area contributed by atoms with E-state index in [4.69, 9.17) is 9.84 Å². The molecule has 0 heterocycles. The molecular formula is C13H18O3. The van der Waals surface area contributed by atoms with Crippen molar-refractivity contribution in [1.82, 2.24) is 0 Å². The van der Waals surface area contributed by atoms with Gasteiger partial charge in [-0.05, 0) is 30.5 Å². The maximum Gasteiger partial charge on any atom is 0.307 e. The summed E-state index contributed by atoms with van der Waals surface area (Å²) >= 11 is 0. The van der Waals surface area contributed by atoms with Crippen molar-refractivity contribution in [2.75, 3.05) is 0 Å². The van der Waals surface area contributed by atoms with E-state index in [9.17, 15) is 4.79 Å². The second-order valence-corrected chi connectivity index (χ2v) is 3.77. The SMILES string of the molecule is CCC(CC)Oc1cccc(CC(=O)O)c1. The van der Waals surface area contributed by atoms with Crippen molar-refractivity contribution in [3.8, 4) is 5.75 Å². The molecule has 0 aliphatic rings. The van der Waals surface area contributed by atoms with E-state index in [1.807, 2.05) is 12.1 Å². The Bertz CT molecular complexity index is 343. The van der Waals surface area contributed by atoms with E-state index in [2.05, 4.69) is 13.8 Å². The molecule has 0 amide bonds. The van der Waals surface area contributed by atoms with Crippen LogP contribution in [0.3, 0.4) is 0 Å². The van der Waals surface area contributed by atoms with Gasteiger partial charge in [-0.25, -0.2) is 0 Å². The molecule has 1 rings (SSSR count). The van der Waals surface area contributed by atoms with Crippen molar-refractivity contribution in [2.45, 2.75) is 39.2 Å². The second-order valence-electron chi connectivity index (χ2n) is 3.77. The normalized spacial score (nSPS) is 10.4. The molecule has 3 nitrogen and oxygen atoms in total. The molecule has 1 aromatic carbocycles. The van der Waals surface area contributed by atoms with Gasteiger partial charge in [0.1, 0.15) is 5.75 Å². The molecule has 0 atom stereocenters. The zero-order chi connectivity index (χ0) is 12.0. The second kappa shape index (κ2) is 6.16. The van der Waals surface area contributed by atoms with Gasteiger partial charge >= 0.3 is 5.97 Å². The molecule has 88 valence electrons. The molecule has 0 fully saturated rings. The fourth-order valence-corrected chi connectivity index (χ4v) is 1.55. The Morgan fingerprint density at radius 2 is 2.06 bits per heavy atom. The molecule has 1 N–H and O–H groups in total. The van der Waals surface area contributed by atoms with Gasteiger partial charge in [0, 0.05) is 0 Å². The van der Waals surface area contributed by atoms with E-state index >= 15 is 0 Å². The lowest BCUT2D eigenvalue weighted by molar-refractivity contribution is -0.136. The van der Waals surface area contributed by atoms with Crippen LogP contribution in [0.15, 0.2) is 24.3 Å². The first kappa shape index (κ1) is 12.6. The lowest BCUT2D eigenvalue weighted by Gasteiger charge is -2.15. The zero-order valence-electron chi connectivity index (χ0n) is 9.77. The highest BCUT2D eigenvalue weighted by Gasteiger charge is 2.06. The molecule has 16 heavy (non-hydrogen) atoms. The molecule has 0 aliphatic heterocycles. The fraction of sp³-hybridized carbons (Fsp3) is 0.462. The smallest absolute Gasteiger partial charge is 0.307 e. The van der Waals surface area contributed by atoms with Crippen LogP contribution in [-0.2, 0) is 11.2 Å². The van der Waals surface area contributed by atoms with E-state index in [0.717, 1.165) is 24.2 Å². The summed E-state index contributed by atoms with van der Waals surface area (Å²) < 4.78 is 5.74. The Labute approximate surface area is 96.1 Å². The third-order valence-corrected chi connectivity index (χ3v) is 2.47. The quantitative estimate of drug-likeness (QED) is 0.805. The molecule has 0 unspecified atom stereocenters. The van der Waals surface area contributed by atoms with Crippen molar-refractivity contribution in [2.24, 2.45) is 0 Å². The molecule has 0 aromatic heterocycles. The first-order valence-electron chi connectivity index (χ1n) is 5.63. The van der Waals surface area contributed by atoms with E-state index in [-0.39, 0.29) is 12.5 Å². The lowest BCUT2D eigenvalue weighted by Crippen LogP contribution is -2.13. The highest BCUT2D eigenvalue weighted by atomic mass is 16.5. The Balaban J connectivity index is 2.70. The van der Waals surface area contributed by atoms with E-state index < -0.39 is 5.97 Å². The summed E-state index contributed by atoms with van der Waals surface area (Å²) in [5, 5.41) is 8.69. The summed E-state index contributed by atoms with van der Waals surface area (Å²) in [5.41, 5.74) is 0.774. The largest absolute Gasteiger partial charge is 0.490 e. The van der Waals surface area contributed by atoms with Crippen LogP contribution < -0.4 is 4.74 Å². The number of hydrogen-bond donors (Lipinski definition) is 1. The Morgan fingerprint density at radius 1 is 1.38 bits per heavy atom. The maximum absolute atomic E-state index is 10.6. The third kappa shape index (κ3) is 3.93. The number of ether oxygens (including phenoxy) is 1. The minimum Gasteiger partial charge on any atom is -0.490 e. The van der Waals surface area contributed by atoms with Crippen molar-refractivity contribution >= 4 is 5.97 Å². The van der Waals surface area contributed by atoms with Gasteiger partial charge in [-0.1, -0.05) is 26.0 Å². The van der Waals surface area contributed by atoms with Crippen molar-refractivity contribution in [3.63, 3.8) is 0 Å². The van der Waals surface area contributed by atoms with Crippen LogP contribution in [0.25, 0.3) is 0 Å². The average Bonchev–Trinajstić information content (AvgIpc) is 2.25. The number of rotatable bonds is 6. The maximum atomic E-state index is 10.6. The van der Waals surface area contributed by atoms with Gasteiger partial charge < -0.3 is 9.84 Å².